The number of rotatable bonds is 6. The summed E-state index contributed by atoms with van der Waals surface area (Å²) in [6, 6.07) is 5.64. The molecule has 1 aromatic carbocycles. The second-order valence-corrected chi connectivity index (χ2v) is 4.19. The molecule has 1 heterocycles. The van der Waals surface area contributed by atoms with Crippen LogP contribution in [0.25, 0.3) is 0 Å². The molecule has 0 saturated carbocycles. The van der Waals surface area contributed by atoms with Gasteiger partial charge >= 0.3 is 0 Å². The Hall–Kier alpha value is -2.34. The summed E-state index contributed by atoms with van der Waals surface area (Å²) >= 11 is 0. The summed E-state index contributed by atoms with van der Waals surface area (Å²) in [6.45, 7) is -0.200. The summed E-state index contributed by atoms with van der Waals surface area (Å²) in [7, 11) is 3.05. The van der Waals surface area contributed by atoms with Crippen molar-refractivity contribution in [1.82, 2.24) is 4.98 Å². The van der Waals surface area contributed by atoms with Gasteiger partial charge in [-0.15, -0.1) is 0 Å². The summed E-state index contributed by atoms with van der Waals surface area (Å²) in [5, 5.41) is 9.22. The summed E-state index contributed by atoms with van der Waals surface area (Å²) in [4.78, 5) is 4.18. The maximum atomic E-state index is 13.1. The lowest BCUT2D eigenvalue weighted by molar-refractivity contribution is 0.252. The van der Waals surface area contributed by atoms with Crippen LogP contribution in [0, 0.1) is 5.82 Å². The van der Waals surface area contributed by atoms with Crippen LogP contribution in [0.15, 0.2) is 30.5 Å². The highest BCUT2D eigenvalue weighted by atomic mass is 19.1. The van der Waals surface area contributed by atoms with Crippen molar-refractivity contribution in [2.75, 3.05) is 14.2 Å². The van der Waals surface area contributed by atoms with E-state index in [2.05, 4.69) is 4.98 Å². The number of methoxy groups -OCH3 is 2. The monoisotopic (exact) mass is 293 g/mol. The van der Waals surface area contributed by atoms with Crippen LogP contribution in [0.4, 0.5) is 4.39 Å². The minimum Gasteiger partial charge on any atom is -0.493 e. The van der Waals surface area contributed by atoms with Crippen molar-refractivity contribution in [2.45, 2.75) is 13.2 Å². The average molecular weight is 293 g/mol. The van der Waals surface area contributed by atoms with Crippen LogP contribution in [-0.4, -0.2) is 24.3 Å². The molecule has 0 spiro atoms. The Balaban J connectivity index is 2.20. The van der Waals surface area contributed by atoms with Crippen molar-refractivity contribution in [1.29, 1.82) is 0 Å². The Kier molecular flexibility index (Phi) is 4.94. The molecule has 0 radical (unpaired) electrons. The molecule has 112 valence electrons. The van der Waals surface area contributed by atoms with E-state index in [0.29, 0.717) is 28.5 Å². The number of aromatic nitrogens is 1. The van der Waals surface area contributed by atoms with E-state index in [4.69, 9.17) is 14.2 Å². The van der Waals surface area contributed by atoms with Gasteiger partial charge in [-0.25, -0.2) is 4.39 Å². The van der Waals surface area contributed by atoms with Gasteiger partial charge in [0, 0.05) is 17.8 Å². The van der Waals surface area contributed by atoms with Crippen LogP contribution in [-0.2, 0) is 13.2 Å². The number of nitrogens with zero attached hydrogens (tertiary/aromatic N) is 1. The molecular weight excluding hydrogens is 277 g/mol. The third-order valence-corrected chi connectivity index (χ3v) is 2.92. The van der Waals surface area contributed by atoms with E-state index in [1.54, 1.807) is 12.3 Å². The van der Waals surface area contributed by atoms with E-state index < -0.39 is 5.82 Å². The van der Waals surface area contributed by atoms with E-state index in [1.807, 2.05) is 0 Å². The second kappa shape index (κ2) is 6.90. The van der Waals surface area contributed by atoms with Crippen molar-refractivity contribution in [3.63, 3.8) is 0 Å². The lowest BCUT2D eigenvalue weighted by Gasteiger charge is -2.13. The third-order valence-electron chi connectivity index (χ3n) is 2.92. The fraction of sp³-hybridized carbons (Fsp3) is 0.267. The van der Waals surface area contributed by atoms with Crippen LogP contribution in [0.3, 0.4) is 0 Å². The number of aliphatic hydroxyl groups is 1. The highest BCUT2D eigenvalue weighted by Crippen LogP contribution is 2.30. The first-order valence-electron chi connectivity index (χ1n) is 6.27. The van der Waals surface area contributed by atoms with Crippen molar-refractivity contribution in [2.24, 2.45) is 0 Å². The lowest BCUT2D eigenvalue weighted by atomic mass is 10.2. The van der Waals surface area contributed by atoms with Gasteiger partial charge in [0.2, 0.25) is 0 Å². The van der Waals surface area contributed by atoms with Gasteiger partial charge in [0.1, 0.15) is 23.9 Å². The first-order chi connectivity index (χ1) is 10.2. The summed E-state index contributed by atoms with van der Waals surface area (Å²) < 4.78 is 29.1. The molecule has 1 N–H and O–H groups in total. The first-order valence-corrected chi connectivity index (χ1v) is 6.27. The Bertz CT molecular complexity index is 619. The SMILES string of the molecule is COc1ccnc(COc2ccc(F)cc2CO)c1OC. The molecule has 6 heteroatoms. The maximum Gasteiger partial charge on any atom is 0.185 e. The van der Waals surface area contributed by atoms with Gasteiger partial charge in [-0.05, 0) is 18.2 Å². The number of pyridine rings is 1. The Labute approximate surface area is 121 Å². The zero-order chi connectivity index (χ0) is 15.2. The van der Waals surface area contributed by atoms with E-state index in [1.165, 1.54) is 32.4 Å². The number of hydrogen-bond acceptors (Lipinski definition) is 5. The lowest BCUT2D eigenvalue weighted by Crippen LogP contribution is -2.04. The van der Waals surface area contributed by atoms with Crippen LogP contribution in [0.1, 0.15) is 11.3 Å². The predicted molar refractivity (Wildman–Crippen MR) is 74.0 cm³/mol. The maximum absolute atomic E-state index is 13.1. The molecular formula is C15H16FNO4. The summed E-state index contributed by atoms with van der Waals surface area (Å²) in [5.74, 6) is 0.995. The molecule has 2 aromatic rings. The smallest absolute Gasteiger partial charge is 0.185 e. The number of hydrogen-bond donors (Lipinski definition) is 1. The van der Waals surface area contributed by atoms with E-state index in [9.17, 15) is 9.50 Å². The first kappa shape index (κ1) is 15.1. The minimum absolute atomic E-state index is 0.110. The van der Waals surface area contributed by atoms with Gasteiger partial charge in [-0.1, -0.05) is 0 Å². The molecule has 0 aliphatic heterocycles. The molecule has 0 amide bonds. The molecule has 5 nitrogen and oxygen atoms in total. The van der Waals surface area contributed by atoms with E-state index >= 15 is 0 Å². The van der Waals surface area contributed by atoms with Gasteiger partial charge < -0.3 is 19.3 Å². The van der Waals surface area contributed by atoms with Crippen LogP contribution < -0.4 is 14.2 Å². The fourth-order valence-electron chi connectivity index (χ4n) is 1.91. The number of halogens is 1. The molecule has 1 aromatic heterocycles. The van der Waals surface area contributed by atoms with Crippen molar-refractivity contribution in [3.05, 3.63) is 47.5 Å². The highest BCUT2D eigenvalue weighted by Gasteiger charge is 2.12. The Morgan fingerprint density at radius 3 is 2.62 bits per heavy atom. The van der Waals surface area contributed by atoms with Crippen molar-refractivity contribution in [3.8, 4) is 17.2 Å². The molecule has 0 unspecified atom stereocenters. The minimum atomic E-state index is -0.427. The number of ether oxygens (including phenoxy) is 3. The predicted octanol–water partition coefficient (Wildman–Crippen LogP) is 2.31. The summed E-state index contributed by atoms with van der Waals surface area (Å²) in [5.41, 5.74) is 0.918. The second-order valence-electron chi connectivity index (χ2n) is 4.19. The van der Waals surface area contributed by atoms with Crippen molar-refractivity contribution >= 4 is 0 Å². The van der Waals surface area contributed by atoms with Crippen LogP contribution in [0.2, 0.25) is 0 Å². The van der Waals surface area contributed by atoms with Gasteiger partial charge in [0.05, 0.1) is 20.8 Å². The molecule has 0 bridgehead atoms. The molecule has 0 aliphatic rings. The van der Waals surface area contributed by atoms with Crippen LogP contribution >= 0.6 is 0 Å². The third kappa shape index (κ3) is 3.41. The topological polar surface area (TPSA) is 60.8 Å². The number of aliphatic hydroxyl groups excluding tert-OH is 1. The van der Waals surface area contributed by atoms with E-state index in [-0.39, 0.29) is 13.2 Å². The zero-order valence-corrected chi connectivity index (χ0v) is 11.8. The standard InChI is InChI=1S/C15H16FNO4/c1-19-14-5-6-17-12(15(14)20-2)9-21-13-4-3-11(16)7-10(13)8-18/h3-7,18H,8-9H2,1-2H3. The summed E-state index contributed by atoms with van der Waals surface area (Å²) in [6.07, 6.45) is 1.58. The Morgan fingerprint density at radius 2 is 1.95 bits per heavy atom. The fourth-order valence-corrected chi connectivity index (χ4v) is 1.91. The van der Waals surface area contributed by atoms with Gasteiger partial charge in [-0.3, -0.25) is 4.98 Å². The molecule has 0 fully saturated rings. The highest BCUT2D eigenvalue weighted by molar-refractivity contribution is 5.42. The van der Waals surface area contributed by atoms with E-state index in [0.717, 1.165) is 0 Å². The quantitative estimate of drug-likeness (QED) is 0.885. The Morgan fingerprint density at radius 1 is 1.14 bits per heavy atom. The van der Waals surface area contributed by atoms with Gasteiger partial charge in [-0.2, -0.15) is 0 Å². The average Bonchev–Trinajstić information content (AvgIpc) is 2.52. The normalized spacial score (nSPS) is 10.3. The zero-order valence-electron chi connectivity index (χ0n) is 11.8. The molecule has 0 atom stereocenters. The van der Waals surface area contributed by atoms with Crippen LogP contribution in [0.5, 0.6) is 17.2 Å². The van der Waals surface area contributed by atoms with Crippen molar-refractivity contribution < 1.29 is 23.7 Å². The molecule has 0 aliphatic carbocycles. The molecule has 21 heavy (non-hydrogen) atoms. The molecule has 0 saturated heterocycles. The molecule has 2 rings (SSSR count). The number of benzene rings is 1. The largest absolute Gasteiger partial charge is 0.493 e. The van der Waals surface area contributed by atoms with Gasteiger partial charge in [0.15, 0.2) is 11.5 Å². The van der Waals surface area contributed by atoms with Gasteiger partial charge in [0.25, 0.3) is 0 Å².